The average Bonchev–Trinajstić information content (AvgIpc) is 2.86. The first-order valence-corrected chi connectivity index (χ1v) is 7.47. The third-order valence-electron chi connectivity index (χ3n) is 3.57. The lowest BCUT2D eigenvalue weighted by Gasteiger charge is -2.16. The molecule has 2 heterocycles. The molecule has 6 nitrogen and oxygen atoms in total. The van der Waals surface area contributed by atoms with Crippen LogP contribution in [-0.4, -0.2) is 32.5 Å². The summed E-state index contributed by atoms with van der Waals surface area (Å²) >= 11 is 0. The molecule has 0 aliphatic carbocycles. The second-order valence-corrected chi connectivity index (χ2v) is 5.50. The third kappa shape index (κ3) is 3.21. The highest BCUT2D eigenvalue weighted by Crippen LogP contribution is 2.12. The fourth-order valence-corrected chi connectivity index (χ4v) is 2.64. The molecule has 2 N–H and O–H groups in total. The van der Waals surface area contributed by atoms with Gasteiger partial charge in [-0.2, -0.15) is 4.98 Å². The van der Waals surface area contributed by atoms with Crippen LogP contribution in [0.25, 0.3) is 0 Å². The zero-order valence-corrected chi connectivity index (χ0v) is 12.9. The van der Waals surface area contributed by atoms with Crippen LogP contribution in [0.1, 0.15) is 31.7 Å². The minimum atomic E-state index is -0.0730. The predicted octanol–water partition coefficient (Wildman–Crippen LogP) is 2.10. The van der Waals surface area contributed by atoms with Gasteiger partial charge in [-0.1, -0.05) is 30.3 Å². The minimum absolute atomic E-state index is 0.0730. The SMILES string of the molecule is CC1=NC(C)N=C(n2nc(N)nc2CCc2ccccc2)C1. The summed E-state index contributed by atoms with van der Waals surface area (Å²) in [6.45, 7) is 3.97. The summed E-state index contributed by atoms with van der Waals surface area (Å²) < 4.78 is 1.78. The van der Waals surface area contributed by atoms with Crippen molar-refractivity contribution >= 4 is 17.5 Å². The van der Waals surface area contributed by atoms with Crippen LogP contribution in [0.15, 0.2) is 40.3 Å². The Bertz CT molecular complexity index is 713. The highest BCUT2D eigenvalue weighted by atomic mass is 15.4. The van der Waals surface area contributed by atoms with E-state index in [1.807, 2.05) is 32.0 Å². The number of rotatable bonds is 3. The summed E-state index contributed by atoms with van der Waals surface area (Å²) in [6, 6.07) is 10.3. The molecule has 114 valence electrons. The predicted molar refractivity (Wildman–Crippen MR) is 88.3 cm³/mol. The standard InChI is InChI=1S/C16H20N6/c1-11-10-15(19-12(2)18-11)22-14(20-16(17)21-22)9-8-13-6-4-3-5-7-13/h3-7,12H,8-10H2,1-2H3,(H2,17,21). The molecule has 2 aromatic rings. The normalized spacial score (nSPS) is 18.0. The summed E-state index contributed by atoms with van der Waals surface area (Å²) in [5.41, 5.74) is 8.12. The summed E-state index contributed by atoms with van der Waals surface area (Å²) in [5, 5.41) is 4.31. The molecule has 0 radical (unpaired) electrons. The van der Waals surface area contributed by atoms with Crippen molar-refractivity contribution in [1.29, 1.82) is 0 Å². The third-order valence-corrected chi connectivity index (χ3v) is 3.57. The fourth-order valence-electron chi connectivity index (χ4n) is 2.64. The van der Waals surface area contributed by atoms with Crippen molar-refractivity contribution in [2.45, 2.75) is 39.3 Å². The van der Waals surface area contributed by atoms with E-state index in [0.29, 0.717) is 12.4 Å². The number of benzene rings is 1. The van der Waals surface area contributed by atoms with Crippen molar-refractivity contribution in [3.05, 3.63) is 41.7 Å². The fraction of sp³-hybridized carbons (Fsp3) is 0.375. The monoisotopic (exact) mass is 296 g/mol. The highest BCUT2D eigenvalue weighted by molar-refractivity contribution is 6.04. The zero-order chi connectivity index (χ0) is 15.5. The minimum Gasteiger partial charge on any atom is -0.366 e. The maximum absolute atomic E-state index is 5.80. The second kappa shape index (κ2) is 6.09. The van der Waals surface area contributed by atoms with Crippen LogP contribution in [0.2, 0.25) is 0 Å². The maximum atomic E-state index is 5.80. The van der Waals surface area contributed by atoms with Crippen LogP contribution >= 0.6 is 0 Å². The van der Waals surface area contributed by atoms with Gasteiger partial charge >= 0.3 is 0 Å². The first kappa shape index (κ1) is 14.4. The topological polar surface area (TPSA) is 81.5 Å². The van der Waals surface area contributed by atoms with Crippen molar-refractivity contribution in [3.8, 4) is 0 Å². The van der Waals surface area contributed by atoms with E-state index in [9.17, 15) is 0 Å². The molecule has 1 aliphatic heterocycles. The number of nitrogens with zero attached hydrogens (tertiary/aromatic N) is 5. The lowest BCUT2D eigenvalue weighted by atomic mass is 10.1. The second-order valence-electron chi connectivity index (χ2n) is 5.50. The molecule has 1 atom stereocenters. The van der Waals surface area contributed by atoms with Crippen LogP contribution < -0.4 is 5.73 Å². The average molecular weight is 296 g/mol. The first-order valence-electron chi connectivity index (χ1n) is 7.47. The summed E-state index contributed by atoms with van der Waals surface area (Å²) in [7, 11) is 0. The summed E-state index contributed by atoms with van der Waals surface area (Å²) in [6.07, 6.45) is 2.29. The Morgan fingerprint density at radius 2 is 1.95 bits per heavy atom. The van der Waals surface area contributed by atoms with E-state index in [4.69, 9.17) is 5.73 Å². The Balaban J connectivity index is 1.81. The van der Waals surface area contributed by atoms with Crippen molar-refractivity contribution < 1.29 is 0 Å². The van der Waals surface area contributed by atoms with Crippen LogP contribution in [0, 0.1) is 0 Å². The molecular weight excluding hydrogens is 276 g/mol. The Kier molecular flexibility index (Phi) is 4.00. The van der Waals surface area contributed by atoms with E-state index in [1.165, 1.54) is 5.56 Å². The van der Waals surface area contributed by atoms with Crippen molar-refractivity contribution in [2.24, 2.45) is 9.98 Å². The number of nitrogens with two attached hydrogens (primary N) is 1. The number of aliphatic imine (C=N–C) groups is 2. The van der Waals surface area contributed by atoms with E-state index in [0.717, 1.165) is 30.2 Å². The van der Waals surface area contributed by atoms with E-state index >= 15 is 0 Å². The molecule has 1 aromatic carbocycles. The molecule has 3 rings (SSSR count). The van der Waals surface area contributed by atoms with Gasteiger partial charge in [0.25, 0.3) is 0 Å². The number of hydrogen-bond donors (Lipinski definition) is 1. The molecule has 6 heteroatoms. The van der Waals surface area contributed by atoms with Crippen molar-refractivity contribution in [3.63, 3.8) is 0 Å². The molecule has 0 amide bonds. The van der Waals surface area contributed by atoms with Gasteiger partial charge in [0.15, 0.2) is 0 Å². The van der Waals surface area contributed by atoms with Crippen molar-refractivity contribution in [2.75, 3.05) is 5.73 Å². The zero-order valence-electron chi connectivity index (χ0n) is 12.9. The van der Waals surface area contributed by atoms with Gasteiger partial charge in [-0.3, -0.25) is 4.99 Å². The summed E-state index contributed by atoms with van der Waals surface area (Å²) in [5.74, 6) is 2.01. The molecule has 0 saturated heterocycles. The molecule has 22 heavy (non-hydrogen) atoms. The van der Waals surface area contributed by atoms with E-state index < -0.39 is 0 Å². The first-order chi connectivity index (χ1) is 10.6. The van der Waals surface area contributed by atoms with Gasteiger partial charge in [0.2, 0.25) is 5.95 Å². The Morgan fingerprint density at radius 3 is 2.68 bits per heavy atom. The number of anilines is 1. The van der Waals surface area contributed by atoms with E-state index in [2.05, 4.69) is 32.2 Å². The van der Waals surface area contributed by atoms with E-state index in [-0.39, 0.29) is 6.17 Å². The molecule has 0 fully saturated rings. The van der Waals surface area contributed by atoms with Crippen LogP contribution in [-0.2, 0) is 12.8 Å². The number of aryl methyl sites for hydroxylation is 2. The molecular formula is C16H20N6. The highest BCUT2D eigenvalue weighted by Gasteiger charge is 2.18. The lowest BCUT2D eigenvalue weighted by Crippen LogP contribution is -2.25. The van der Waals surface area contributed by atoms with Crippen LogP contribution in [0.4, 0.5) is 5.95 Å². The molecule has 0 spiro atoms. The molecule has 1 aliphatic rings. The van der Waals surface area contributed by atoms with E-state index in [1.54, 1.807) is 4.68 Å². The van der Waals surface area contributed by atoms with Gasteiger partial charge in [0, 0.05) is 18.6 Å². The number of nitrogen functional groups attached to an aromatic ring is 1. The Labute approximate surface area is 129 Å². The number of aromatic nitrogens is 3. The van der Waals surface area contributed by atoms with Crippen LogP contribution in [0.3, 0.4) is 0 Å². The Morgan fingerprint density at radius 1 is 1.18 bits per heavy atom. The molecule has 0 saturated carbocycles. The summed E-state index contributed by atoms with van der Waals surface area (Å²) in [4.78, 5) is 13.4. The van der Waals surface area contributed by atoms with Gasteiger partial charge in [-0.25, -0.2) is 9.67 Å². The van der Waals surface area contributed by atoms with Gasteiger partial charge in [-0.15, -0.1) is 5.10 Å². The van der Waals surface area contributed by atoms with Gasteiger partial charge < -0.3 is 5.73 Å². The van der Waals surface area contributed by atoms with Crippen molar-refractivity contribution in [1.82, 2.24) is 14.8 Å². The largest absolute Gasteiger partial charge is 0.366 e. The molecule has 1 aromatic heterocycles. The smallest absolute Gasteiger partial charge is 0.240 e. The quantitative estimate of drug-likeness (QED) is 0.941. The Hall–Kier alpha value is -2.50. The van der Waals surface area contributed by atoms with Gasteiger partial charge in [0.05, 0.1) is 0 Å². The molecule has 1 unspecified atom stereocenters. The lowest BCUT2D eigenvalue weighted by molar-refractivity contribution is 0.733. The number of hydrogen-bond acceptors (Lipinski definition) is 5. The van der Waals surface area contributed by atoms with Crippen LogP contribution in [0.5, 0.6) is 0 Å². The van der Waals surface area contributed by atoms with Gasteiger partial charge in [0.1, 0.15) is 17.8 Å². The maximum Gasteiger partial charge on any atom is 0.240 e. The molecule has 0 bridgehead atoms. The van der Waals surface area contributed by atoms with Gasteiger partial charge in [-0.05, 0) is 25.8 Å².